The summed E-state index contributed by atoms with van der Waals surface area (Å²) in [6, 6.07) is 14.9. The van der Waals surface area contributed by atoms with Crippen LogP contribution in [0.1, 0.15) is 36.8 Å². The van der Waals surface area contributed by atoms with Crippen LogP contribution in [0, 0.1) is 0 Å². The molecule has 1 aromatic heterocycles. The fraction of sp³-hybridized carbons (Fsp3) is 0.417. The van der Waals surface area contributed by atoms with Gasteiger partial charge in [-0.05, 0) is 42.9 Å². The second-order valence-corrected chi connectivity index (χ2v) is 7.82. The number of nitrogens with one attached hydrogen (secondary N) is 1. The van der Waals surface area contributed by atoms with Crippen molar-refractivity contribution in [3.8, 4) is 0 Å². The van der Waals surface area contributed by atoms with Crippen molar-refractivity contribution in [3.63, 3.8) is 0 Å². The molecule has 4 rings (SSSR count). The van der Waals surface area contributed by atoms with Gasteiger partial charge in [0.1, 0.15) is 5.82 Å². The fourth-order valence-electron chi connectivity index (χ4n) is 4.10. The number of hydrogen-bond donors (Lipinski definition) is 1. The van der Waals surface area contributed by atoms with Gasteiger partial charge in [0.15, 0.2) is 5.96 Å². The minimum absolute atomic E-state index is 0. The zero-order chi connectivity index (χ0) is 19.9. The number of pyridine rings is 1. The van der Waals surface area contributed by atoms with Crippen LogP contribution in [0.3, 0.4) is 0 Å². The summed E-state index contributed by atoms with van der Waals surface area (Å²) in [6.45, 7) is 5.03. The average molecular weight is 517 g/mol. The Labute approximate surface area is 197 Å². The molecule has 0 bridgehead atoms. The van der Waals surface area contributed by atoms with Gasteiger partial charge in [0, 0.05) is 46.0 Å². The maximum absolute atomic E-state index is 4.65. The highest BCUT2D eigenvalue weighted by molar-refractivity contribution is 14.0. The van der Waals surface area contributed by atoms with Crippen molar-refractivity contribution in [3.05, 3.63) is 65.4 Å². The molecule has 1 aromatic carbocycles. The van der Waals surface area contributed by atoms with Crippen LogP contribution < -0.4 is 10.2 Å². The quantitative estimate of drug-likeness (QED) is 0.367. The van der Waals surface area contributed by atoms with Gasteiger partial charge in [0.25, 0.3) is 0 Å². The number of hydrogen-bond acceptors (Lipinski definition) is 3. The summed E-state index contributed by atoms with van der Waals surface area (Å²) in [5.41, 5.74) is 4.00. The molecule has 160 valence electrons. The van der Waals surface area contributed by atoms with Gasteiger partial charge in [-0.15, -0.1) is 24.0 Å². The molecule has 5 nitrogen and oxygen atoms in total. The second-order valence-electron chi connectivity index (χ2n) is 7.82. The molecule has 0 saturated carbocycles. The lowest BCUT2D eigenvalue weighted by atomic mass is 10.0. The van der Waals surface area contributed by atoms with Gasteiger partial charge < -0.3 is 15.1 Å². The topological polar surface area (TPSA) is 43.8 Å². The van der Waals surface area contributed by atoms with Gasteiger partial charge in [-0.1, -0.05) is 48.0 Å². The zero-order valence-corrected chi connectivity index (χ0v) is 20.1. The molecule has 2 saturated heterocycles. The lowest BCUT2D eigenvalue weighted by Crippen LogP contribution is -2.44. The number of halogens is 1. The predicted molar refractivity (Wildman–Crippen MR) is 137 cm³/mol. The molecule has 2 aromatic rings. The molecule has 1 N–H and O–H groups in total. The van der Waals surface area contributed by atoms with E-state index in [-0.39, 0.29) is 24.0 Å². The van der Waals surface area contributed by atoms with Crippen LogP contribution in [-0.2, 0) is 6.54 Å². The molecule has 30 heavy (non-hydrogen) atoms. The summed E-state index contributed by atoms with van der Waals surface area (Å²) in [5.74, 6) is 2.08. The van der Waals surface area contributed by atoms with E-state index < -0.39 is 0 Å². The largest absolute Gasteiger partial charge is 0.357 e. The minimum atomic E-state index is 0. The summed E-state index contributed by atoms with van der Waals surface area (Å²) in [7, 11) is 1.87. The van der Waals surface area contributed by atoms with Gasteiger partial charge in [-0.3, -0.25) is 4.99 Å². The molecular formula is C24H32IN5. The lowest BCUT2D eigenvalue weighted by Gasteiger charge is -2.31. The van der Waals surface area contributed by atoms with Crippen LogP contribution in [0.15, 0.2) is 59.2 Å². The Kier molecular flexibility index (Phi) is 8.54. The van der Waals surface area contributed by atoms with Gasteiger partial charge in [-0.2, -0.15) is 0 Å². The molecular weight excluding hydrogens is 485 g/mol. The van der Waals surface area contributed by atoms with Gasteiger partial charge in [-0.25, -0.2) is 4.98 Å². The molecule has 0 aliphatic carbocycles. The third-order valence-corrected chi connectivity index (χ3v) is 5.78. The van der Waals surface area contributed by atoms with E-state index in [2.05, 4.69) is 73.6 Å². The molecule has 6 heteroatoms. The van der Waals surface area contributed by atoms with Crippen molar-refractivity contribution in [1.82, 2.24) is 15.2 Å². The number of aromatic nitrogens is 1. The zero-order valence-electron chi connectivity index (χ0n) is 17.8. The van der Waals surface area contributed by atoms with E-state index >= 15 is 0 Å². The molecule has 2 fully saturated rings. The molecule has 0 spiro atoms. The predicted octanol–water partition coefficient (Wildman–Crippen LogP) is 4.55. The Morgan fingerprint density at radius 2 is 1.77 bits per heavy atom. The maximum atomic E-state index is 4.65. The van der Waals surface area contributed by atoms with Gasteiger partial charge in [0.2, 0.25) is 0 Å². The Bertz CT molecular complexity index is 832. The van der Waals surface area contributed by atoms with Crippen molar-refractivity contribution in [1.29, 1.82) is 0 Å². The number of aliphatic imine (C=N–C) groups is 1. The summed E-state index contributed by atoms with van der Waals surface area (Å²) in [4.78, 5) is 13.9. The summed E-state index contributed by atoms with van der Waals surface area (Å²) < 4.78 is 0. The van der Waals surface area contributed by atoms with Crippen molar-refractivity contribution >= 4 is 41.8 Å². The number of piperidine rings is 1. The number of benzene rings is 1. The van der Waals surface area contributed by atoms with Gasteiger partial charge >= 0.3 is 0 Å². The first kappa shape index (κ1) is 22.6. The molecule has 2 aliphatic heterocycles. The number of rotatable bonds is 4. The van der Waals surface area contributed by atoms with Crippen molar-refractivity contribution in [2.75, 3.05) is 38.1 Å². The van der Waals surface area contributed by atoms with Gasteiger partial charge in [0.05, 0.1) is 0 Å². The highest BCUT2D eigenvalue weighted by Gasteiger charge is 2.17. The van der Waals surface area contributed by atoms with Crippen LogP contribution in [-0.4, -0.2) is 49.1 Å². The van der Waals surface area contributed by atoms with Crippen LogP contribution in [0.25, 0.3) is 6.08 Å². The highest BCUT2D eigenvalue weighted by Crippen LogP contribution is 2.20. The van der Waals surface area contributed by atoms with Crippen molar-refractivity contribution in [2.45, 2.75) is 32.2 Å². The van der Waals surface area contributed by atoms with E-state index in [1.165, 1.54) is 29.5 Å². The molecule has 2 aliphatic rings. The monoisotopic (exact) mass is 517 g/mol. The Hall–Kier alpha value is -2.09. The van der Waals surface area contributed by atoms with E-state index in [4.69, 9.17) is 0 Å². The SMILES string of the molecule is CN=C(NCc1ccc(N2CCCC2)nc1)N1CCC(=Cc2ccccc2)CC1.I. The van der Waals surface area contributed by atoms with Crippen LogP contribution in [0.4, 0.5) is 5.82 Å². The third kappa shape index (κ3) is 5.97. The first-order chi connectivity index (χ1) is 14.3. The Morgan fingerprint density at radius 1 is 1.03 bits per heavy atom. The standard InChI is InChI=1S/C24H31N5.HI/c1-25-24(27-19-22-9-10-23(26-18-22)28-13-5-6-14-28)29-15-11-21(12-16-29)17-20-7-3-2-4-8-20;/h2-4,7-10,17-18H,5-6,11-16,19H2,1H3,(H,25,27);1H. The van der Waals surface area contributed by atoms with Crippen molar-refractivity contribution < 1.29 is 0 Å². The Balaban J connectivity index is 0.00000256. The van der Waals surface area contributed by atoms with E-state index in [1.54, 1.807) is 0 Å². The highest BCUT2D eigenvalue weighted by atomic mass is 127. The smallest absolute Gasteiger partial charge is 0.193 e. The van der Waals surface area contributed by atoms with E-state index in [0.717, 1.165) is 57.3 Å². The van der Waals surface area contributed by atoms with Crippen LogP contribution >= 0.6 is 24.0 Å². The van der Waals surface area contributed by atoms with E-state index in [0.29, 0.717) is 0 Å². The fourth-order valence-corrected chi connectivity index (χ4v) is 4.10. The molecule has 3 heterocycles. The first-order valence-corrected chi connectivity index (χ1v) is 10.7. The second kappa shape index (κ2) is 11.3. The summed E-state index contributed by atoms with van der Waals surface area (Å²) in [5, 5.41) is 3.51. The minimum Gasteiger partial charge on any atom is -0.357 e. The number of guanidine groups is 1. The first-order valence-electron chi connectivity index (χ1n) is 10.7. The summed E-state index contributed by atoms with van der Waals surface area (Å²) in [6.07, 6.45) is 9.05. The maximum Gasteiger partial charge on any atom is 0.193 e. The lowest BCUT2D eigenvalue weighted by molar-refractivity contribution is 0.375. The Morgan fingerprint density at radius 3 is 2.40 bits per heavy atom. The molecule has 0 unspecified atom stereocenters. The van der Waals surface area contributed by atoms with E-state index in [1.807, 2.05) is 13.2 Å². The van der Waals surface area contributed by atoms with Crippen LogP contribution in [0.2, 0.25) is 0 Å². The van der Waals surface area contributed by atoms with Crippen molar-refractivity contribution in [2.24, 2.45) is 4.99 Å². The summed E-state index contributed by atoms with van der Waals surface area (Å²) >= 11 is 0. The van der Waals surface area contributed by atoms with E-state index in [9.17, 15) is 0 Å². The number of anilines is 1. The molecule has 0 radical (unpaired) electrons. The number of nitrogens with zero attached hydrogens (tertiary/aromatic N) is 4. The number of likely N-dealkylation sites (tertiary alicyclic amines) is 1. The normalized spacial score (nSPS) is 17.0. The average Bonchev–Trinajstić information content (AvgIpc) is 3.31. The molecule has 0 amide bonds. The molecule has 0 atom stereocenters. The third-order valence-electron chi connectivity index (χ3n) is 5.78. The van der Waals surface area contributed by atoms with Crippen LogP contribution in [0.5, 0.6) is 0 Å².